The Morgan fingerprint density at radius 1 is 1.69 bits per heavy atom. The summed E-state index contributed by atoms with van der Waals surface area (Å²) >= 11 is 0. The topological polar surface area (TPSA) is 72.4 Å². The van der Waals surface area contributed by atoms with E-state index in [-0.39, 0.29) is 11.9 Å². The molecule has 0 saturated carbocycles. The predicted molar refractivity (Wildman–Crippen MR) is 58.9 cm³/mol. The van der Waals surface area contributed by atoms with Gasteiger partial charge in [-0.1, -0.05) is 6.92 Å². The molecule has 1 aromatic rings. The number of amides is 1. The highest BCUT2D eigenvalue weighted by Gasteiger charge is 2.29. The number of likely N-dealkylation sites (tertiary alicyclic amines) is 1. The van der Waals surface area contributed by atoms with E-state index >= 15 is 0 Å². The normalized spacial score (nSPS) is 25.8. The maximum Gasteiger partial charge on any atom is 0.291 e. The zero-order chi connectivity index (χ0) is 11.7. The quantitative estimate of drug-likeness (QED) is 0.764. The molecule has 1 aliphatic heterocycles. The Balaban J connectivity index is 2.09. The van der Waals surface area contributed by atoms with Crippen LogP contribution in [0.1, 0.15) is 29.6 Å². The van der Waals surface area contributed by atoms with Gasteiger partial charge in [-0.15, -0.1) is 0 Å². The zero-order valence-electron chi connectivity index (χ0n) is 9.64. The first-order valence-corrected chi connectivity index (χ1v) is 5.54. The molecule has 0 aromatic carbocycles. The fourth-order valence-electron chi connectivity index (χ4n) is 1.93. The fraction of sp³-hybridized carbons (Fsp3) is 0.636. The van der Waals surface area contributed by atoms with Crippen LogP contribution in [-0.4, -0.2) is 34.9 Å². The molecule has 1 aromatic heterocycles. The molecule has 2 rings (SSSR count). The summed E-state index contributed by atoms with van der Waals surface area (Å²) in [4.78, 5) is 17.7. The second kappa shape index (κ2) is 4.25. The van der Waals surface area contributed by atoms with Gasteiger partial charge in [-0.3, -0.25) is 4.79 Å². The van der Waals surface area contributed by atoms with Crippen LogP contribution in [0.2, 0.25) is 0 Å². The third kappa shape index (κ3) is 1.95. The monoisotopic (exact) mass is 223 g/mol. The maximum absolute atomic E-state index is 12.1. The number of carbonyl (C=O) groups excluding carboxylic acids is 1. The van der Waals surface area contributed by atoms with Gasteiger partial charge in [-0.2, -0.15) is 0 Å². The molecule has 1 amide bonds. The van der Waals surface area contributed by atoms with Gasteiger partial charge in [0.25, 0.3) is 5.91 Å². The molecule has 2 atom stereocenters. The van der Waals surface area contributed by atoms with Crippen molar-refractivity contribution in [3.8, 4) is 0 Å². The molecule has 5 heteroatoms. The summed E-state index contributed by atoms with van der Waals surface area (Å²) in [5.74, 6) is 0.707. The SMILES string of the molecule is Cc1ncoc1C(=O)N1CCC(C)C(N)C1. The summed E-state index contributed by atoms with van der Waals surface area (Å²) in [5.41, 5.74) is 6.59. The van der Waals surface area contributed by atoms with Gasteiger partial charge in [0.05, 0.1) is 5.69 Å². The Bertz CT molecular complexity index is 388. The molecule has 2 unspecified atom stereocenters. The molecule has 5 nitrogen and oxygen atoms in total. The van der Waals surface area contributed by atoms with Gasteiger partial charge in [-0.05, 0) is 19.3 Å². The number of nitrogens with two attached hydrogens (primary N) is 1. The number of aryl methyl sites for hydroxylation is 1. The van der Waals surface area contributed by atoms with Crippen LogP contribution in [0.25, 0.3) is 0 Å². The average Bonchev–Trinajstić information content (AvgIpc) is 2.67. The summed E-state index contributed by atoms with van der Waals surface area (Å²) in [7, 11) is 0. The van der Waals surface area contributed by atoms with E-state index < -0.39 is 0 Å². The number of hydrogen-bond donors (Lipinski definition) is 1. The lowest BCUT2D eigenvalue weighted by molar-refractivity contribution is 0.0639. The molecule has 16 heavy (non-hydrogen) atoms. The average molecular weight is 223 g/mol. The van der Waals surface area contributed by atoms with Gasteiger partial charge in [0.1, 0.15) is 0 Å². The Kier molecular flexibility index (Phi) is 2.96. The molecule has 0 radical (unpaired) electrons. The molecular formula is C11H17N3O2. The molecule has 2 N–H and O–H groups in total. The molecule has 0 bridgehead atoms. The molecule has 88 valence electrons. The van der Waals surface area contributed by atoms with E-state index in [9.17, 15) is 4.79 Å². The van der Waals surface area contributed by atoms with E-state index in [0.717, 1.165) is 13.0 Å². The Morgan fingerprint density at radius 2 is 2.44 bits per heavy atom. The first-order valence-electron chi connectivity index (χ1n) is 5.54. The van der Waals surface area contributed by atoms with Gasteiger partial charge in [0, 0.05) is 19.1 Å². The first kappa shape index (κ1) is 11.1. The summed E-state index contributed by atoms with van der Waals surface area (Å²) in [6.45, 7) is 5.23. The lowest BCUT2D eigenvalue weighted by Crippen LogP contribution is -2.49. The van der Waals surface area contributed by atoms with Crippen LogP contribution >= 0.6 is 0 Å². The number of carbonyl (C=O) groups is 1. The van der Waals surface area contributed by atoms with Crippen molar-refractivity contribution in [2.75, 3.05) is 13.1 Å². The lowest BCUT2D eigenvalue weighted by atomic mass is 9.94. The number of rotatable bonds is 1. The van der Waals surface area contributed by atoms with Crippen molar-refractivity contribution >= 4 is 5.91 Å². The minimum absolute atomic E-state index is 0.0564. The molecule has 0 aliphatic carbocycles. The highest BCUT2D eigenvalue weighted by Crippen LogP contribution is 2.18. The van der Waals surface area contributed by atoms with Crippen LogP contribution in [0.15, 0.2) is 10.8 Å². The highest BCUT2D eigenvalue weighted by molar-refractivity contribution is 5.92. The fourth-order valence-corrected chi connectivity index (χ4v) is 1.93. The number of oxazole rings is 1. The van der Waals surface area contributed by atoms with E-state index in [2.05, 4.69) is 11.9 Å². The second-order valence-electron chi connectivity index (χ2n) is 4.45. The van der Waals surface area contributed by atoms with E-state index in [1.807, 2.05) is 0 Å². The smallest absolute Gasteiger partial charge is 0.291 e. The molecule has 1 aliphatic rings. The molecule has 2 heterocycles. The van der Waals surface area contributed by atoms with Gasteiger partial charge >= 0.3 is 0 Å². The largest absolute Gasteiger partial charge is 0.438 e. The summed E-state index contributed by atoms with van der Waals surface area (Å²) in [5, 5.41) is 0. The molecule has 1 fully saturated rings. The van der Waals surface area contributed by atoms with Crippen LogP contribution in [0.4, 0.5) is 0 Å². The van der Waals surface area contributed by atoms with Crippen molar-refractivity contribution in [1.82, 2.24) is 9.88 Å². The molecule has 1 saturated heterocycles. The highest BCUT2D eigenvalue weighted by atomic mass is 16.3. The van der Waals surface area contributed by atoms with Crippen molar-refractivity contribution in [2.45, 2.75) is 26.3 Å². The van der Waals surface area contributed by atoms with Crippen molar-refractivity contribution in [2.24, 2.45) is 11.7 Å². The van der Waals surface area contributed by atoms with Crippen LogP contribution in [0, 0.1) is 12.8 Å². The number of hydrogen-bond acceptors (Lipinski definition) is 4. The number of aromatic nitrogens is 1. The third-order valence-electron chi connectivity index (χ3n) is 3.24. The second-order valence-corrected chi connectivity index (χ2v) is 4.45. The van der Waals surface area contributed by atoms with Crippen molar-refractivity contribution in [3.63, 3.8) is 0 Å². The third-order valence-corrected chi connectivity index (χ3v) is 3.24. The van der Waals surface area contributed by atoms with E-state index in [0.29, 0.717) is 23.9 Å². The lowest BCUT2D eigenvalue weighted by Gasteiger charge is -2.34. The Hall–Kier alpha value is -1.36. The van der Waals surface area contributed by atoms with Gasteiger partial charge in [0.2, 0.25) is 5.76 Å². The zero-order valence-corrected chi connectivity index (χ0v) is 9.64. The minimum atomic E-state index is -0.0997. The van der Waals surface area contributed by atoms with Gasteiger partial charge in [0.15, 0.2) is 6.39 Å². The summed E-state index contributed by atoms with van der Waals surface area (Å²) < 4.78 is 5.10. The van der Waals surface area contributed by atoms with Gasteiger partial charge in [-0.25, -0.2) is 4.98 Å². The number of nitrogens with zero attached hydrogens (tertiary/aromatic N) is 2. The van der Waals surface area contributed by atoms with E-state index in [1.54, 1.807) is 11.8 Å². The van der Waals surface area contributed by atoms with Crippen LogP contribution < -0.4 is 5.73 Å². The van der Waals surface area contributed by atoms with Crippen molar-refractivity contribution in [1.29, 1.82) is 0 Å². The summed E-state index contributed by atoms with van der Waals surface area (Å²) in [6.07, 6.45) is 2.25. The summed E-state index contributed by atoms with van der Waals surface area (Å²) in [6, 6.07) is 0.0564. The van der Waals surface area contributed by atoms with Crippen molar-refractivity contribution in [3.05, 3.63) is 17.8 Å². The van der Waals surface area contributed by atoms with Crippen LogP contribution in [-0.2, 0) is 0 Å². The van der Waals surface area contributed by atoms with Crippen LogP contribution in [0.3, 0.4) is 0 Å². The van der Waals surface area contributed by atoms with Crippen LogP contribution in [0.5, 0.6) is 0 Å². The molecular weight excluding hydrogens is 206 g/mol. The van der Waals surface area contributed by atoms with Crippen molar-refractivity contribution < 1.29 is 9.21 Å². The van der Waals surface area contributed by atoms with Gasteiger partial charge < -0.3 is 15.1 Å². The minimum Gasteiger partial charge on any atom is -0.438 e. The standard InChI is InChI=1S/C11H17N3O2/c1-7-3-4-14(5-9(7)12)11(15)10-8(2)13-6-16-10/h6-7,9H,3-5,12H2,1-2H3. The van der Waals surface area contributed by atoms with E-state index in [1.165, 1.54) is 6.39 Å². The first-order chi connectivity index (χ1) is 7.59. The Labute approximate surface area is 94.6 Å². The van der Waals surface area contributed by atoms with E-state index in [4.69, 9.17) is 10.2 Å². The number of piperidine rings is 1. The molecule has 0 spiro atoms. The predicted octanol–water partition coefficient (Wildman–Crippen LogP) is 0.792. The Morgan fingerprint density at radius 3 is 3.00 bits per heavy atom. The maximum atomic E-state index is 12.1.